The summed E-state index contributed by atoms with van der Waals surface area (Å²) in [5, 5.41) is 13.5. The lowest BCUT2D eigenvalue weighted by Gasteiger charge is -2.22. The van der Waals surface area contributed by atoms with E-state index >= 15 is 0 Å². The van der Waals surface area contributed by atoms with Gasteiger partial charge in [0, 0.05) is 25.1 Å². The lowest BCUT2D eigenvalue weighted by atomic mass is 10.1. The Morgan fingerprint density at radius 1 is 1.12 bits per heavy atom. The van der Waals surface area contributed by atoms with Gasteiger partial charge in [0.2, 0.25) is 0 Å². The minimum absolute atomic E-state index is 0.384. The maximum atomic E-state index is 11.4. The Balaban J connectivity index is 2.33. The SMILES string of the molecule is O=S(=O)(CSOO[O-])ON1CCCCCCC1. The van der Waals surface area contributed by atoms with Crippen molar-refractivity contribution in [2.45, 2.75) is 32.1 Å². The number of hydrogen-bond donors (Lipinski definition) is 0. The fraction of sp³-hybridized carbons (Fsp3) is 1.00. The lowest BCUT2D eigenvalue weighted by molar-refractivity contribution is -0.777. The second-order valence-electron chi connectivity index (χ2n) is 3.70. The van der Waals surface area contributed by atoms with E-state index in [1.165, 1.54) is 11.5 Å². The molecule has 0 bridgehead atoms. The summed E-state index contributed by atoms with van der Waals surface area (Å²) in [5.41, 5.74) is 0. The topological polar surface area (TPSA) is 88.1 Å². The van der Waals surface area contributed by atoms with Crippen LogP contribution in [0.5, 0.6) is 0 Å². The van der Waals surface area contributed by atoms with E-state index in [4.69, 9.17) is 4.28 Å². The molecule has 0 spiro atoms. The molecule has 17 heavy (non-hydrogen) atoms. The maximum absolute atomic E-state index is 11.4. The zero-order chi connectivity index (χ0) is 12.6. The smallest absolute Gasteiger partial charge is 0.295 e. The standard InChI is InChI=1S/C8H17NO6S2/c10-14-15-16-8-17(11,12)13-9-6-4-2-1-3-5-7-9/h10H,1-8H2/p-1. The van der Waals surface area contributed by atoms with Crippen LogP contribution in [0.15, 0.2) is 0 Å². The first kappa shape index (κ1) is 15.2. The average Bonchev–Trinajstić information content (AvgIpc) is 2.22. The number of nitrogens with zero attached hydrogens (tertiary/aromatic N) is 1. The average molecular weight is 286 g/mol. The Bertz CT molecular complexity index is 288. The summed E-state index contributed by atoms with van der Waals surface area (Å²) >= 11 is 0.384. The van der Waals surface area contributed by atoms with Crippen LogP contribution in [0, 0.1) is 0 Å². The summed E-state index contributed by atoms with van der Waals surface area (Å²) in [7, 11) is -3.74. The van der Waals surface area contributed by atoms with Crippen LogP contribution in [-0.2, 0) is 23.8 Å². The van der Waals surface area contributed by atoms with E-state index in [0.717, 1.165) is 25.7 Å². The van der Waals surface area contributed by atoms with Crippen LogP contribution in [-0.4, -0.2) is 31.7 Å². The number of rotatable bonds is 6. The molecule has 0 aromatic carbocycles. The third-order valence-electron chi connectivity index (χ3n) is 2.30. The van der Waals surface area contributed by atoms with E-state index in [1.807, 2.05) is 0 Å². The molecule has 1 aliphatic rings. The van der Waals surface area contributed by atoms with Crippen molar-refractivity contribution in [3.63, 3.8) is 0 Å². The molecular weight excluding hydrogens is 270 g/mol. The molecular formula is C8H16NO6S2-. The van der Waals surface area contributed by atoms with Crippen LogP contribution in [0.1, 0.15) is 32.1 Å². The molecule has 0 N–H and O–H groups in total. The Morgan fingerprint density at radius 3 is 2.29 bits per heavy atom. The monoisotopic (exact) mass is 286 g/mol. The predicted octanol–water partition coefficient (Wildman–Crippen LogP) is 0.343. The van der Waals surface area contributed by atoms with E-state index < -0.39 is 15.2 Å². The summed E-state index contributed by atoms with van der Waals surface area (Å²) in [4.78, 5) is 0. The van der Waals surface area contributed by atoms with Crippen LogP contribution in [0.2, 0.25) is 0 Å². The molecule has 102 valence electrons. The molecule has 0 radical (unpaired) electrons. The maximum Gasteiger partial charge on any atom is 0.295 e. The lowest BCUT2D eigenvalue weighted by Crippen LogP contribution is -2.31. The highest BCUT2D eigenvalue weighted by Crippen LogP contribution is 2.14. The summed E-state index contributed by atoms with van der Waals surface area (Å²) in [6, 6.07) is 0. The van der Waals surface area contributed by atoms with E-state index in [0.29, 0.717) is 25.1 Å². The van der Waals surface area contributed by atoms with Gasteiger partial charge in [-0.1, -0.05) is 19.3 Å². The van der Waals surface area contributed by atoms with Gasteiger partial charge in [0.25, 0.3) is 10.1 Å². The third-order valence-corrected chi connectivity index (χ3v) is 4.43. The molecule has 0 aromatic rings. The van der Waals surface area contributed by atoms with Crippen molar-refractivity contribution < 1.29 is 27.3 Å². The quantitative estimate of drug-likeness (QED) is 0.299. The van der Waals surface area contributed by atoms with Crippen LogP contribution in [0.4, 0.5) is 0 Å². The van der Waals surface area contributed by atoms with Crippen molar-refractivity contribution in [2.24, 2.45) is 0 Å². The summed E-state index contributed by atoms with van der Waals surface area (Å²) in [5.74, 6) is 0. The minimum atomic E-state index is -3.74. The molecule has 0 atom stereocenters. The Hall–Kier alpha value is 0.1000. The minimum Gasteiger partial charge on any atom is -0.691 e. The molecule has 1 heterocycles. The van der Waals surface area contributed by atoms with Crippen molar-refractivity contribution in [3.05, 3.63) is 0 Å². The summed E-state index contributed by atoms with van der Waals surface area (Å²) in [6.07, 6.45) is 5.19. The fourth-order valence-electron chi connectivity index (χ4n) is 1.57. The molecule has 9 heteroatoms. The fourth-order valence-corrected chi connectivity index (χ4v) is 2.88. The van der Waals surface area contributed by atoms with E-state index in [9.17, 15) is 13.7 Å². The zero-order valence-electron chi connectivity index (χ0n) is 9.37. The van der Waals surface area contributed by atoms with Crippen LogP contribution in [0.3, 0.4) is 0 Å². The van der Waals surface area contributed by atoms with Gasteiger partial charge in [0.15, 0.2) is 5.08 Å². The third kappa shape index (κ3) is 7.19. The first-order valence-electron chi connectivity index (χ1n) is 5.39. The molecule has 1 saturated heterocycles. The van der Waals surface area contributed by atoms with Crippen LogP contribution in [0.25, 0.3) is 0 Å². The van der Waals surface area contributed by atoms with Gasteiger partial charge >= 0.3 is 0 Å². The van der Waals surface area contributed by atoms with Gasteiger partial charge in [0.1, 0.15) is 0 Å². The van der Waals surface area contributed by atoms with Gasteiger partial charge in [-0.05, 0) is 12.8 Å². The van der Waals surface area contributed by atoms with Crippen LogP contribution < -0.4 is 5.26 Å². The van der Waals surface area contributed by atoms with Gasteiger partial charge in [-0.3, -0.25) is 5.04 Å². The van der Waals surface area contributed by atoms with Gasteiger partial charge < -0.3 is 5.26 Å². The molecule has 0 saturated carbocycles. The van der Waals surface area contributed by atoms with Gasteiger partial charge in [0.05, 0.1) is 0 Å². The second-order valence-corrected chi connectivity index (χ2v) is 6.28. The van der Waals surface area contributed by atoms with Crippen molar-refractivity contribution in [1.29, 1.82) is 0 Å². The molecule has 0 aromatic heterocycles. The highest BCUT2D eigenvalue weighted by Gasteiger charge is 2.19. The summed E-state index contributed by atoms with van der Waals surface area (Å²) < 4.78 is 31.7. The Morgan fingerprint density at radius 2 is 1.71 bits per heavy atom. The Kier molecular flexibility index (Phi) is 7.35. The van der Waals surface area contributed by atoms with Crippen molar-refractivity contribution in [2.75, 3.05) is 18.2 Å². The highest BCUT2D eigenvalue weighted by atomic mass is 32.3. The van der Waals surface area contributed by atoms with Crippen molar-refractivity contribution in [3.8, 4) is 0 Å². The largest absolute Gasteiger partial charge is 0.691 e. The van der Waals surface area contributed by atoms with Crippen LogP contribution >= 0.6 is 12.0 Å². The van der Waals surface area contributed by atoms with Crippen molar-refractivity contribution >= 4 is 22.2 Å². The number of hydroxylamine groups is 2. The molecule has 0 unspecified atom stereocenters. The van der Waals surface area contributed by atoms with Gasteiger partial charge in [-0.2, -0.15) is 22.1 Å². The predicted molar refractivity (Wildman–Crippen MR) is 59.3 cm³/mol. The Labute approximate surface area is 105 Å². The molecule has 0 amide bonds. The number of hydrogen-bond acceptors (Lipinski definition) is 8. The molecule has 0 aliphatic carbocycles. The first-order valence-corrected chi connectivity index (χ1v) is 7.88. The van der Waals surface area contributed by atoms with Crippen molar-refractivity contribution in [1.82, 2.24) is 5.06 Å². The van der Waals surface area contributed by atoms with Gasteiger partial charge in [-0.15, -0.1) is 0 Å². The molecule has 1 fully saturated rings. The molecule has 1 rings (SSSR count). The van der Waals surface area contributed by atoms with E-state index in [1.54, 1.807) is 0 Å². The van der Waals surface area contributed by atoms with E-state index in [2.05, 4.69) is 9.37 Å². The normalized spacial score (nSPS) is 19.8. The molecule has 7 nitrogen and oxygen atoms in total. The van der Waals surface area contributed by atoms with Gasteiger partial charge in [-0.25, -0.2) is 0 Å². The highest BCUT2D eigenvalue weighted by molar-refractivity contribution is 8.08. The second kappa shape index (κ2) is 8.25. The summed E-state index contributed by atoms with van der Waals surface area (Å²) in [6.45, 7) is 1.20. The zero-order valence-corrected chi connectivity index (χ0v) is 11.0. The molecule has 1 aliphatic heterocycles. The van der Waals surface area contributed by atoms with E-state index in [-0.39, 0.29) is 0 Å². The first-order chi connectivity index (χ1) is 8.14.